The lowest BCUT2D eigenvalue weighted by molar-refractivity contribution is -0.129. The van der Waals surface area contributed by atoms with Crippen molar-refractivity contribution in [1.82, 2.24) is 19.7 Å². The van der Waals surface area contributed by atoms with E-state index in [1.165, 1.54) is 11.8 Å². The molecule has 0 spiro atoms. The van der Waals surface area contributed by atoms with Crippen LogP contribution in [-0.4, -0.2) is 43.9 Å². The SMILES string of the molecule is C[C@@H](Sc1nnc(-c2ccccc2Cl)n1C)C(=O)N1CCCC1. The Bertz CT molecular complexity index is 712. The summed E-state index contributed by atoms with van der Waals surface area (Å²) < 4.78 is 1.89. The summed E-state index contributed by atoms with van der Waals surface area (Å²) in [6.07, 6.45) is 2.20. The van der Waals surface area contributed by atoms with Crippen LogP contribution in [0.25, 0.3) is 11.4 Å². The van der Waals surface area contributed by atoms with Gasteiger partial charge in [0.15, 0.2) is 11.0 Å². The molecule has 0 radical (unpaired) electrons. The smallest absolute Gasteiger partial charge is 0.235 e. The second-order valence-corrected chi connectivity index (χ2v) is 7.35. The zero-order valence-corrected chi connectivity index (χ0v) is 14.8. The van der Waals surface area contributed by atoms with Gasteiger partial charge in [0.05, 0.1) is 10.3 Å². The van der Waals surface area contributed by atoms with E-state index in [-0.39, 0.29) is 11.2 Å². The normalized spacial score (nSPS) is 15.9. The number of carbonyl (C=O) groups excluding carboxylic acids is 1. The molecule has 0 saturated carbocycles. The van der Waals surface area contributed by atoms with Crippen LogP contribution in [0.15, 0.2) is 29.4 Å². The fourth-order valence-electron chi connectivity index (χ4n) is 2.70. The molecule has 2 aromatic rings. The minimum absolute atomic E-state index is 0.171. The number of hydrogen-bond donors (Lipinski definition) is 0. The van der Waals surface area contributed by atoms with Gasteiger partial charge in [-0.25, -0.2) is 0 Å². The van der Waals surface area contributed by atoms with Crippen LogP contribution in [0.5, 0.6) is 0 Å². The molecule has 122 valence electrons. The molecule has 0 N–H and O–H groups in total. The fourth-order valence-corrected chi connectivity index (χ4v) is 3.82. The third kappa shape index (κ3) is 3.38. The molecule has 1 atom stereocenters. The summed E-state index contributed by atoms with van der Waals surface area (Å²) in [4.78, 5) is 14.4. The van der Waals surface area contributed by atoms with E-state index in [9.17, 15) is 4.79 Å². The van der Waals surface area contributed by atoms with Gasteiger partial charge in [0.2, 0.25) is 5.91 Å². The number of hydrogen-bond acceptors (Lipinski definition) is 4. The van der Waals surface area contributed by atoms with Crippen molar-refractivity contribution in [2.24, 2.45) is 7.05 Å². The number of aromatic nitrogens is 3. The van der Waals surface area contributed by atoms with E-state index in [0.717, 1.165) is 36.7 Å². The number of likely N-dealkylation sites (tertiary alicyclic amines) is 1. The maximum atomic E-state index is 12.4. The van der Waals surface area contributed by atoms with E-state index in [1.54, 1.807) is 0 Å². The van der Waals surface area contributed by atoms with Crippen molar-refractivity contribution in [2.45, 2.75) is 30.2 Å². The predicted molar refractivity (Wildman–Crippen MR) is 92.6 cm³/mol. The number of carbonyl (C=O) groups is 1. The quantitative estimate of drug-likeness (QED) is 0.794. The van der Waals surface area contributed by atoms with Gasteiger partial charge in [-0.05, 0) is 31.9 Å². The lowest BCUT2D eigenvalue weighted by Gasteiger charge is -2.19. The number of rotatable bonds is 4. The van der Waals surface area contributed by atoms with E-state index in [4.69, 9.17) is 11.6 Å². The van der Waals surface area contributed by atoms with Crippen LogP contribution in [-0.2, 0) is 11.8 Å². The second kappa shape index (κ2) is 6.93. The lowest BCUT2D eigenvalue weighted by atomic mass is 10.2. The van der Waals surface area contributed by atoms with Gasteiger partial charge < -0.3 is 9.47 Å². The minimum Gasteiger partial charge on any atom is -0.342 e. The molecule has 0 bridgehead atoms. The van der Waals surface area contributed by atoms with Crippen molar-refractivity contribution in [1.29, 1.82) is 0 Å². The Morgan fingerprint density at radius 3 is 2.65 bits per heavy atom. The average molecular weight is 351 g/mol. The summed E-state index contributed by atoms with van der Waals surface area (Å²) >= 11 is 7.68. The molecule has 0 aliphatic carbocycles. The van der Waals surface area contributed by atoms with Gasteiger partial charge in [0.25, 0.3) is 0 Å². The van der Waals surface area contributed by atoms with Gasteiger partial charge in [0, 0.05) is 25.7 Å². The van der Waals surface area contributed by atoms with Crippen LogP contribution in [0.4, 0.5) is 0 Å². The van der Waals surface area contributed by atoms with Gasteiger partial charge in [-0.2, -0.15) is 0 Å². The molecule has 1 aromatic carbocycles. The molecule has 1 fully saturated rings. The number of thioether (sulfide) groups is 1. The van der Waals surface area contributed by atoms with E-state index >= 15 is 0 Å². The van der Waals surface area contributed by atoms with E-state index in [1.807, 2.05) is 47.7 Å². The molecular weight excluding hydrogens is 332 g/mol. The third-order valence-corrected chi connectivity index (χ3v) is 5.45. The highest BCUT2D eigenvalue weighted by atomic mass is 35.5. The largest absolute Gasteiger partial charge is 0.342 e. The van der Waals surface area contributed by atoms with Crippen molar-refractivity contribution >= 4 is 29.3 Å². The predicted octanol–water partition coefficient (Wildman–Crippen LogP) is 3.24. The van der Waals surface area contributed by atoms with E-state index in [2.05, 4.69) is 10.2 Å². The number of amides is 1. The zero-order chi connectivity index (χ0) is 16.4. The van der Waals surface area contributed by atoms with E-state index in [0.29, 0.717) is 10.8 Å². The Labute approximate surface area is 145 Å². The molecule has 2 heterocycles. The highest BCUT2D eigenvalue weighted by Crippen LogP contribution is 2.30. The van der Waals surface area contributed by atoms with Crippen molar-refractivity contribution in [3.63, 3.8) is 0 Å². The molecule has 5 nitrogen and oxygen atoms in total. The highest BCUT2D eigenvalue weighted by Gasteiger charge is 2.26. The molecule has 1 aliphatic heterocycles. The van der Waals surface area contributed by atoms with Gasteiger partial charge in [-0.3, -0.25) is 4.79 Å². The highest BCUT2D eigenvalue weighted by molar-refractivity contribution is 8.00. The fraction of sp³-hybridized carbons (Fsp3) is 0.438. The molecular formula is C16H19ClN4OS. The maximum Gasteiger partial charge on any atom is 0.235 e. The van der Waals surface area contributed by atoms with Crippen LogP contribution >= 0.6 is 23.4 Å². The van der Waals surface area contributed by atoms with E-state index < -0.39 is 0 Å². The summed E-state index contributed by atoms with van der Waals surface area (Å²) in [5, 5.41) is 9.66. The molecule has 1 aliphatic rings. The first-order chi connectivity index (χ1) is 11.1. The first-order valence-electron chi connectivity index (χ1n) is 7.67. The van der Waals surface area contributed by atoms with Crippen LogP contribution in [0.3, 0.4) is 0 Å². The molecule has 1 amide bonds. The summed E-state index contributed by atoms with van der Waals surface area (Å²) in [5.74, 6) is 0.883. The Morgan fingerprint density at radius 1 is 1.26 bits per heavy atom. The van der Waals surface area contributed by atoms with Gasteiger partial charge in [0.1, 0.15) is 0 Å². The first-order valence-corrected chi connectivity index (χ1v) is 8.93. The number of halogens is 1. The molecule has 1 saturated heterocycles. The molecule has 23 heavy (non-hydrogen) atoms. The summed E-state index contributed by atoms with van der Waals surface area (Å²) in [6, 6.07) is 7.55. The van der Waals surface area contributed by atoms with Crippen LogP contribution < -0.4 is 0 Å². The molecule has 7 heteroatoms. The standard InChI is InChI=1S/C16H19ClN4OS/c1-11(15(22)21-9-5-6-10-21)23-16-19-18-14(20(16)2)12-7-3-4-8-13(12)17/h3-4,7-8,11H,5-6,9-10H2,1-2H3/t11-/m1/s1. The first kappa shape index (κ1) is 16.3. The van der Waals surface area contributed by atoms with Crippen LogP contribution in [0.2, 0.25) is 5.02 Å². The maximum absolute atomic E-state index is 12.4. The van der Waals surface area contributed by atoms with Crippen molar-refractivity contribution in [2.75, 3.05) is 13.1 Å². The summed E-state index contributed by atoms with van der Waals surface area (Å²) in [7, 11) is 1.90. The van der Waals surface area contributed by atoms with Crippen molar-refractivity contribution < 1.29 is 4.79 Å². The Morgan fingerprint density at radius 2 is 1.96 bits per heavy atom. The van der Waals surface area contributed by atoms with Gasteiger partial charge in [-0.15, -0.1) is 10.2 Å². The van der Waals surface area contributed by atoms with Gasteiger partial charge in [-0.1, -0.05) is 35.5 Å². The molecule has 0 unspecified atom stereocenters. The second-order valence-electron chi connectivity index (χ2n) is 5.64. The summed E-state index contributed by atoms with van der Waals surface area (Å²) in [6.45, 7) is 3.66. The Kier molecular flexibility index (Phi) is 4.92. The topological polar surface area (TPSA) is 51.0 Å². The number of nitrogens with zero attached hydrogens (tertiary/aromatic N) is 4. The minimum atomic E-state index is -0.171. The van der Waals surface area contributed by atoms with Crippen LogP contribution in [0, 0.1) is 0 Å². The monoisotopic (exact) mass is 350 g/mol. The third-order valence-electron chi connectivity index (χ3n) is 4.00. The summed E-state index contributed by atoms with van der Waals surface area (Å²) in [5.41, 5.74) is 0.842. The lowest BCUT2D eigenvalue weighted by Crippen LogP contribution is -2.34. The van der Waals surface area contributed by atoms with Crippen molar-refractivity contribution in [3.05, 3.63) is 29.3 Å². The van der Waals surface area contributed by atoms with Gasteiger partial charge >= 0.3 is 0 Å². The molecule has 1 aromatic heterocycles. The average Bonchev–Trinajstić information content (AvgIpc) is 3.19. The van der Waals surface area contributed by atoms with Crippen molar-refractivity contribution in [3.8, 4) is 11.4 Å². The Balaban J connectivity index is 1.77. The Hall–Kier alpha value is -1.53. The zero-order valence-electron chi connectivity index (χ0n) is 13.2. The molecule has 3 rings (SSSR count). The van der Waals surface area contributed by atoms with Crippen LogP contribution in [0.1, 0.15) is 19.8 Å². The number of benzene rings is 1.